The number of carbonyl (C=O) groups excluding carboxylic acids is 3. The molecule has 174 valence electrons. The predicted molar refractivity (Wildman–Crippen MR) is 123 cm³/mol. The average Bonchev–Trinajstić information content (AvgIpc) is 3.33. The maximum Gasteiger partial charge on any atom is 0.267 e. The Morgan fingerprint density at radius 1 is 1.03 bits per heavy atom. The highest BCUT2D eigenvalue weighted by molar-refractivity contribution is 6.39. The van der Waals surface area contributed by atoms with Gasteiger partial charge in [0.1, 0.15) is 18.1 Å². The summed E-state index contributed by atoms with van der Waals surface area (Å²) in [5, 5.41) is 15.1. The van der Waals surface area contributed by atoms with Crippen molar-refractivity contribution in [3.63, 3.8) is 0 Å². The number of hydrazone groups is 1. The van der Waals surface area contributed by atoms with Crippen LogP contribution in [0.2, 0.25) is 0 Å². The highest BCUT2D eigenvalue weighted by Gasteiger charge is 2.24. The van der Waals surface area contributed by atoms with Crippen molar-refractivity contribution in [3.8, 4) is 0 Å². The molecule has 3 aromatic rings. The molecule has 0 bridgehead atoms. The van der Waals surface area contributed by atoms with Crippen molar-refractivity contribution in [1.82, 2.24) is 20.1 Å². The van der Waals surface area contributed by atoms with Crippen LogP contribution < -0.4 is 10.6 Å². The molecule has 0 unspecified atom stereocenters. The SMILES string of the molecule is O=C(Cn1cccn1)Nc1cccc(CNC(=O)C2=NN(Cc3ccc(F)cc3)C(=O)CC2)c1. The van der Waals surface area contributed by atoms with E-state index in [1.807, 2.05) is 6.07 Å². The number of halogens is 1. The number of hydrogen-bond acceptors (Lipinski definition) is 5. The molecule has 2 heterocycles. The molecule has 1 aliphatic rings. The van der Waals surface area contributed by atoms with E-state index in [2.05, 4.69) is 20.8 Å². The van der Waals surface area contributed by atoms with Crippen molar-refractivity contribution in [2.24, 2.45) is 5.10 Å². The van der Waals surface area contributed by atoms with Gasteiger partial charge in [0.2, 0.25) is 11.8 Å². The van der Waals surface area contributed by atoms with Crippen LogP contribution in [0.25, 0.3) is 0 Å². The Kier molecular flexibility index (Phi) is 7.07. The first-order chi connectivity index (χ1) is 16.5. The molecule has 0 saturated heterocycles. The minimum Gasteiger partial charge on any atom is -0.347 e. The van der Waals surface area contributed by atoms with Crippen LogP contribution >= 0.6 is 0 Å². The van der Waals surface area contributed by atoms with E-state index in [1.165, 1.54) is 21.8 Å². The summed E-state index contributed by atoms with van der Waals surface area (Å²) >= 11 is 0. The maximum absolute atomic E-state index is 13.1. The summed E-state index contributed by atoms with van der Waals surface area (Å²) in [6.45, 7) is 0.490. The van der Waals surface area contributed by atoms with Gasteiger partial charge in [0.05, 0.1) is 6.54 Å². The monoisotopic (exact) mass is 462 g/mol. The Morgan fingerprint density at radius 2 is 1.85 bits per heavy atom. The highest BCUT2D eigenvalue weighted by atomic mass is 19.1. The number of nitrogens with zero attached hydrogens (tertiary/aromatic N) is 4. The Balaban J connectivity index is 1.33. The molecule has 34 heavy (non-hydrogen) atoms. The number of anilines is 1. The summed E-state index contributed by atoms with van der Waals surface area (Å²) in [5.41, 5.74) is 2.37. The van der Waals surface area contributed by atoms with Crippen molar-refractivity contribution in [1.29, 1.82) is 0 Å². The van der Waals surface area contributed by atoms with E-state index in [0.717, 1.165) is 5.56 Å². The van der Waals surface area contributed by atoms with Crippen LogP contribution in [0.1, 0.15) is 24.0 Å². The van der Waals surface area contributed by atoms with Gasteiger partial charge in [-0.15, -0.1) is 0 Å². The summed E-state index contributed by atoms with van der Waals surface area (Å²) < 4.78 is 14.6. The number of benzene rings is 2. The molecule has 0 radical (unpaired) electrons. The second kappa shape index (κ2) is 10.5. The van der Waals surface area contributed by atoms with E-state index in [-0.39, 0.29) is 61.7 Å². The normalized spacial score (nSPS) is 13.4. The molecule has 10 heteroatoms. The third kappa shape index (κ3) is 6.12. The van der Waals surface area contributed by atoms with Crippen LogP contribution in [0.3, 0.4) is 0 Å². The van der Waals surface area contributed by atoms with Crippen LogP contribution in [0, 0.1) is 5.82 Å². The summed E-state index contributed by atoms with van der Waals surface area (Å²) in [4.78, 5) is 37.0. The van der Waals surface area contributed by atoms with Gasteiger partial charge in [-0.05, 0) is 41.5 Å². The molecule has 0 aliphatic carbocycles. The van der Waals surface area contributed by atoms with Gasteiger partial charge in [-0.2, -0.15) is 10.2 Å². The summed E-state index contributed by atoms with van der Waals surface area (Å²) in [6.07, 6.45) is 3.72. The summed E-state index contributed by atoms with van der Waals surface area (Å²) in [6, 6.07) is 14.7. The minimum atomic E-state index is -0.371. The van der Waals surface area contributed by atoms with Gasteiger partial charge >= 0.3 is 0 Å². The Bertz CT molecular complexity index is 1210. The Hall–Kier alpha value is -4.34. The second-order valence-electron chi connectivity index (χ2n) is 7.76. The lowest BCUT2D eigenvalue weighted by Crippen LogP contribution is -2.38. The maximum atomic E-state index is 13.1. The van der Waals surface area contributed by atoms with E-state index in [9.17, 15) is 18.8 Å². The van der Waals surface area contributed by atoms with Gasteiger partial charge in [0, 0.05) is 37.5 Å². The minimum absolute atomic E-state index is 0.0981. The Morgan fingerprint density at radius 3 is 2.62 bits per heavy atom. The predicted octanol–water partition coefficient (Wildman–Crippen LogP) is 2.46. The van der Waals surface area contributed by atoms with Gasteiger partial charge in [-0.25, -0.2) is 9.40 Å². The van der Waals surface area contributed by atoms with Gasteiger partial charge < -0.3 is 10.6 Å². The van der Waals surface area contributed by atoms with E-state index >= 15 is 0 Å². The van der Waals surface area contributed by atoms with Crippen LogP contribution in [0.15, 0.2) is 72.1 Å². The van der Waals surface area contributed by atoms with E-state index in [1.54, 1.807) is 48.8 Å². The molecular weight excluding hydrogens is 439 g/mol. The first-order valence-corrected chi connectivity index (χ1v) is 10.7. The third-order valence-electron chi connectivity index (χ3n) is 5.14. The lowest BCUT2D eigenvalue weighted by atomic mass is 10.1. The lowest BCUT2D eigenvalue weighted by molar-refractivity contribution is -0.132. The quantitative estimate of drug-likeness (QED) is 0.536. The largest absolute Gasteiger partial charge is 0.347 e. The molecule has 9 nitrogen and oxygen atoms in total. The van der Waals surface area contributed by atoms with Gasteiger partial charge in [-0.3, -0.25) is 19.1 Å². The molecule has 1 aliphatic heterocycles. The lowest BCUT2D eigenvalue weighted by Gasteiger charge is -2.23. The average molecular weight is 462 g/mol. The van der Waals surface area contributed by atoms with Crippen LogP contribution in [-0.4, -0.2) is 38.2 Å². The van der Waals surface area contributed by atoms with E-state index in [4.69, 9.17) is 0 Å². The number of carbonyl (C=O) groups is 3. The van der Waals surface area contributed by atoms with Gasteiger partial charge in [-0.1, -0.05) is 24.3 Å². The van der Waals surface area contributed by atoms with Crippen molar-refractivity contribution >= 4 is 29.1 Å². The molecule has 4 rings (SSSR count). The topological polar surface area (TPSA) is 109 Å². The number of amides is 3. The molecule has 0 spiro atoms. The van der Waals surface area contributed by atoms with Crippen molar-refractivity contribution in [2.75, 3.05) is 5.32 Å². The zero-order chi connectivity index (χ0) is 23.9. The zero-order valence-electron chi connectivity index (χ0n) is 18.3. The van der Waals surface area contributed by atoms with E-state index < -0.39 is 0 Å². The number of aromatic nitrogens is 2. The number of nitrogens with one attached hydrogen (secondary N) is 2. The first-order valence-electron chi connectivity index (χ1n) is 10.7. The van der Waals surface area contributed by atoms with Crippen LogP contribution in [0.5, 0.6) is 0 Å². The van der Waals surface area contributed by atoms with Crippen molar-refractivity contribution in [3.05, 3.63) is 83.9 Å². The smallest absolute Gasteiger partial charge is 0.267 e. The highest BCUT2D eigenvalue weighted by Crippen LogP contribution is 2.15. The first kappa shape index (κ1) is 22.8. The second-order valence-corrected chi connectivity index (χ2v) is 7.76. The molecule has 3 amide bonds. The molecule has 0 atom stereocenters. The number of hydrogen-bond donors (Lipinski definition) is 2. The molecule has 0 saturated carbocycles. The summed E-state index contributed by atoms with van der Waals surface area (Å²) in [7, 11) is 0. The van der Waals surface area contributed by atoms with Crippen LogP contribution in [0.4, 0.5) is 10.1 Å². The third-order valence-corrected chi connectivity index (χ3v) is 5.14. The fraction of sp³-hybridized carbons (Fsp3) is 0.208. The molecule has 2 N–H and O–H groups in total. The summed E-state index contributed by atoms with van der Waals surface area (Å²) in [5.74, 6) is -1.14. The number of rotatable bonds is 8. The molecule has 2 aromatic carbocycles. The zero-order valence-corrected chi connectivity index (χ0v) is 18.3. The molecule has 0 fully saturated rings. The van der Waals surface area contributed by atoms with Crippen molar-refractivity contribution in [2.45, 2.75) is 32.5 Å². The van der Waals surface area contributed by atoms with Gasteiger partial charge in [0.25, 0.3) is 5.91 Å². The van der Waals surface area contributed by atoms with Crippen LogP contribution in [-0.2, 0) is 34.0 Å². The fourth-order valence-electron chi connectivity index (χ4n) is 3.44. The molecule has 1 aromatic heterocycles. The standard InChI is InChI=1S/C24H23FN6O3/c25-19-7-5-17(6-8-19)15-31-23(33)10-9-21(29-31)24(34)26-14-18-3-1-4-20(13-18)28-22(32)16-30-12-2-11-27-30/h1-8,11-13H,9-10,14-16H2,(H,26,34)(H,28,32). The van der Waals surface area contributed by atoms with Crippen molar-refractivity contribution < 1.29 is 18.8 Å². The fourth-order valence-corrected chi connectivity index (χ4v) is 3.44. The molecular formula is C24H23FN6O3. The van der Waals surface area contributed by atoms with E-state index in [0.29, 0.717) is 11.3 Å². The Labute approximate surface area is 195 Å². The van der Waals surface area contributed by atoms with Gasteiger partial charge in [0.15, 0.2) is 0 Å².